The highest BCUT2D eigenvalue weighted by molar-refractivity contribution is 5.30. The second-order valence-corrected chi connectivity index (χ2v) is 3.15. The molecule has 2 aromatic carbocycles. The molecule has 2 rings (SSSR count). The first kappa shape index (κ1) is 7.77. The second-order valence-electron chi connectivity index (χ2n) is 3.15. The molecule has 0 aliphatic heterocycles. The van der Waals surface area contributed by atoms with Crippen LogP contribution in [-0.2, 0) is 0 Å². The summed E-state index contributed by atoms with van der Waals surface area (Å²) in [5.74, 6) is 0. The topological polar surface area (TPSA) is 26.0 Å². The van der Waals surface area contributed by atoms with Gasteiger partial charge in [-0.05, 0) is 11.1 Å². The number of hydrogen-bond acceptors (Lipinski definition) is 1. The second kappa shape index (κ2) is 4.07. The van der Waals surface area contributed by atoms with Crippen LogP contribution in [0.1, 0.15) is 18.5 Å². The molecule has 0 saturated heterocycles. The van der Waals surface area contributed by atoms with Crippen molar-refractivity contribution in [1.29, 1.82) is 0 Å². The molecule has 0 radical (unpaired) electrons. The summed E-state index contributed by atoms with van der Waals surface area (Å²) >= 11 is 0. The van der Waals surface area contributed by atoms with Gasteiger partial charge in [0.15, 0.2) is 0 Å². The number of benzene rings is 2. The van der Waals surface area contributed by atoms with E-state index in [1.807, 2.05) is 60.7 Å². The number of rotatable bonds is 2. The predicted octanol–water partition coefficient (Wildman–Crippen LogP) is 2.73. The molecule has 1 heteroatoms. The third kappa shape index (κ3) is 1.83. The van der Waals surface area contributed by atoms with Crippen molar-refractivity contribution in [2.75, 3.05) is 0 Å². The summed E-state index contributed by atoms with van der Waals surface area (Å²) < 4.78 is 8.19. The third-order valence-electron chi connectivity index (χ3n) is 2.17. The van der Waals surface area contributed by atoms with Crippen LogP contribution in [0.3, 0.4) is 0 Å². The van der Waals surface area contributed by atoms with E-state index in [-0.39, 0.29) is 0 Å². The van der Waals surface area contributed by atoms with Crippen LogP contribution in [-0.4, -0.2) is 0 Å². The van der Waals surface area contributed by atoms with Crippen molar-refractivity contribution in [1.82, 2.24) is 0 Å². The van der Waals surface area contributed by atoms with Crippen LogP contribution in [0.5, 0.6) is 0 Å². The van der Waals surface area contributed by atoms with Crippen LogP contribution in [0, 0.1) is 0 Å². The van der Waals surface area contributed by atoms with Crippen LogP contribution in [0.15, 0.2) is 60.7 Å². The Morgan fingerprint density at radius 2 is 1.14 bits per heavy atom. The summed E-state index contributed by atoms with van der Waals surface area (Å²) in [4.78, 5) is 0. The summed E-state index contributed by atoms with van der Waals surface area (Å²) in [5.41, 5.74) is 7.63. The fraction of sp³-hybridized carbons (Fsp3) is 0.0769. The average molecular weight is 184 g/mol. The normalized spacial score (nSPS) is 12.2. The Kier molecular flexibility index (Phi) is 2.26. The Balaban J connectivity index is 2.44. The van der Waals surface area contributed by atoms with E-state index in [0.29, 0.717) is 0 Å². The Hall–Kier alpha value is -1.60. The lowest BCUT2D eigenvalue weighted by Gasteiger charge is -2.11. The molecule has 0 aliphatic carbocycles. The van der Waals surface area contributed by atoms with E-state index in [1.54, 1.807) is 0 Å². The van der Waals surface area contributed by atoms with Crippen LogP contribution in [0.4, 0.5) is 0 Å². The molecule has 0 bridgehead atoms. The Morgan fingerprint density at radius 3 is 1.50 bits per heavy atom. The van der Waals surface area contributed by atoms with Gasteiger partial charge in [-0.2, -0.15) is 0 Å². The minimum absolute atomic E-state index is 0.802. The molecule has 0 heterocycles. The first-order valence-electron chi connectivity index (χ1n) is 5.11. The average Bonchev–Trinajstić information content (AvgIpc) is 2.31. The van der Waals surface area contributed by atoms with E-state index in [1.165, 1.54) is 0 Å². The van der Waals surface area contributed by atoms with Crippen molar-refractivity contribution in [3.8, 4) is 0 Å². The largest absolute Gasteiger partial charge is 0.320 e. The van der Waals surface area contributed by atoms with Gasteiger partial charge in [-0.1, -0.05) is 60.7 Å². The molecule has 1 nitrogen and oxygen atoms in total. The van der Waals surface area contributed by atoms with Crippen molar-refractivity contribution in [3.05, 3.63) is 71.8 Å². The zero-order valence-corrected chi connectivity index (χ0v) is 7.85. The summed E-state index contributed by atoms with van der Waals surface area (Å²) in [7, 11) is 0. The zero-order valence-electron chi connectivity index (χ0n) is 8.85. The molecule has 14 heavy (non-hydrogen) atoms. The molecule has 0 atom stereocenters. The first-order chi connectivity index (χ1) is 7.21. The van der Waals surface area contributed by atoms with Crippen molar-refractivity contribution < 1.29 is 1.37 Å². The lowest BCUT2D eigenvalue weighted by atomic mass is 10.00. The SMILES string of the molecule is [2H]C(N)(c1ccccc1)c1ccccc1. The maximum atomic E-state index is 8.19. The molecule has 70 valence electrons. The monoisotopic (exact) mass is 184 g/mol. The fourth-order valence-corrected chi connectivity index (χ4v) is 1.40. The van der Waals surface area contributed by atoms with Gasteiger partial charge in [-0.15, -0.1) is 0 Å². The van der Waals surface area contributed by atoms with Crippen LogP contribution in [0.25, 0.3) is 0 Å². The van der Waals surface area contributed by atoms with E-state index in [0.717, 1.165) is 11.1 Å². The summed E-state index contributed by atoms with van der Waals surface area (Å²) in [6.07, 6.45) is 0. The molecular weight excluding hydrogens is 170 g/mol. The molecular formula is C13H13N. The molecule has 2 N–H and O–H groups in total. The molecule has 2 aromatic rings. The molecule has 0 saturated carbocycles. The minimum atomic E-state index is -1.16. The third-order valence-corrected chi connectivity index (χ3v) is 2.17. The summed E-state index contributed by atoms with van der Waals surface area (Å²) in [6.45, 7) is 0. The van der Waals surface area contributed by atoms with Crippen LogP contribution in [0.2, 0.25) is 0 Å². The molecule has 0 aliphatic rings. The minimum Gasteiger partial charge on any atom is -0.320 e. The van der Waals surface area contributed by atoms with E-state index in [2.05, 4.69) is 0 Å². The quantitative estimate of drug-likeness (QED) is 0.763. The van der Waals surface area contributed by atoms with Gasteiger partial charge in [0.25, 0.3) is 0 Å². The Morgan fingerprint density at radius 1 is 0.786 bits per heavy atom. The maximum Gasteiger partial charge on any atom is 0.0566 e. The Labute approximate surface area is 85.6 Å². The molecule has 0 aromatic heterocycles. The van der Waals surface area contributed by atoms with E-state index < -0.39 is 6.02 Å². The number of hydrogen-bond donors (Lipinski definition) is 1. The van der Waals surface area contributed by atoms with Gasteiger partial charge < -0.3 is 5.73 Å². The fourth-order valence-electron chi connectivity index (χ4n) is 1.40. The van der Waals surface area contributed by atoms with Crippen molar-refractivity contribution in [3.63, 3.8) is 0 Å². The van der Waals surface area contributed by atoms with Gasteiger partial charge in [0.05, 0.1) is 7.39 Å². The van der Waals surface area contributed by atoms with Crippen LogP contribution < -0.4 is 5.73 Å². The van der Waals surface area contributed by atoms with Gasteiger partial charge in [0, 0.05) is 0 Å². The van der Waals surface area contributed by atoms with Crippen LogP contribution >= 0.6 is 0 Å². The molecule has 0 unspecified atom stereocenters. The molecule has 0 spiro atoms. The first-order valence-corrected chi connectivity index (χ1v) is 4.61. The Bertz CT molecular complexity index is 381. The van der Waals surface area contributed by atoms with Gasteiger partial charge in [0.1, 0.15) is 0 Å². The highest BCUT2D eigenvalue weighted by atomic mass is 14.6. The lowest BCUT2D eigenvalue weighted by molar-refractivity contribution is 0.871. The summed E-state index contributed by atoms with van der Waals surface area (Å²) in [5, 5.41) is 0. The van der Waals surface area contributed by atoms with E-state index in [9.17, 15) is 0 Å². The van der Waals surface area contributed by atoms with Crippen molar-refractivity contribution >= 4 is 0 Å². The van der Waals surface area contributed by atoms with Crippen molar-refractivity contribution in [2.24, 2.45) is 5.73 Å². The summed E-state index contributed by atoms with van der Waals surface area (Å²) in [6, 6.07) is 17.8. The highest BCUT2D eigenvalue weighted by Crippen LogP contribution is 2.18. The van der Waals surface area contributed by atoms with E-state index in [4.69, 9.17) is 7.10 Å². The van der Waals surface area contributed by atoms with Crippen molar-refractivity contribution in [2.45, 2.75) is 6.02 Å². The van der Waals surface area contributed by atoms with Gasteiger partial charge in [-0.3, -0.25) is 0 Å². The molecule has 0 amide bonds. The predicted molar refractivity (Wildman–Crippen MR) is 58.9 cm³/mol. The van der Waals surface area contributed by atoms with Gasteiger partial charge in [0.2, 0.25) is 0 Å². The smallest absolute Gasteiger partial charge is 0.0566 e. The van der Waals surface area contributed by atoms with Gasteiger partial charge >= 0.3 is 0 Å². The van der Waals surface area contributed by atoms with E-state index >= 15 is 0 Å². The highest BCUT2D eigenvalue weighted by Gasteiger charge is 2.06. The maximum absolute atomic E-state index is 8.19. The van der Waals surface area contributed by atoms with Gasteiger partial charge in [-0.25, -0.2) is 0 Å². The zero-order chi connectivity index (χ0) is 10.7. The number of nitrogens with two attached hydrogens (primary N) is 1. The standard InChI is InChI=1S/C13H13N/c14-13(11-7-3-1-4-8-11)12-9-5-2-6-10-12/h1-10,13H,14H2/i13D. The lowest BCUT2D eigenvalue weighted by Crippen LogP contribution is -2.11. The molecule has 0 fully saturated rings.